The summed E-state index contributed by atoms with van der Waals surface area (Å²) in [5, 5.41) is 15.0. The summed E-state index contributed by atoms with van der Waals surface area (Å²) < 4.78 is 1.21. The van der Waals surface area contributed by atoms with E-state index in [1.165, 1.54) is 10.7 Å². The van der Waals surface area contributed by atoms with Crippen LogP contribution in [0, 0.1) is 6.92 Å². The number of rotatable bonds is 2. The van der Waals surface area contributed by atoms with Crippen molar-refractivity contribution >= 4 is 5.91 Å². The smallest absolute Gasteiger partial charge is 0.267 e. The zero-order valence-electron chi connectivity index (χ0n) is 15.3. The quantitative estimate of drug-likeness (QED) is 0.803. The molecule has 1 aliphatic heterocycles. The lowest BCUT2D eigenvalue weighted by molar-refractivity contribution is -0.134. The number of hydrogen-bond acceptors (Lipinski definition) is 5. The Morgan fingerprint density at radius 2 is 1.96 bits per heavy atom. The molecule has 27 heavy (non-hydrogen) atoms. The molecule has 2 aliphatic rings. The van der Waals surface area contributed by atoms with Crippen molar-refractivity contribution in [2.24, 2.45) is 5.73 Å². The summed E-state index contributed by atoms with van der Waals surface area (Å²) in [5.74, 6) is -0.130. The summed E-state index contributed by atoms with van der Waals surface area (Å²) in [6, 6.07) is 10.6. The average Bonchev–Trinajstić information content (AvgIpc) is 2.88. The minimum atomic E-state index is -0.645. The first-order valence-electron chi connectivity index (χ1n) is 9.28. The summed E-state index contributed by atoms with van der Waals surface area (Å²) >= 11 is 0. The van der Waals surface area contributed by atoms with Gasteiger partial charge in [-0.3, -0.25) is 9.59 Å². The summed E-state index contributed by atoms with van der Waals surface area (Å²) in [4.78, 5) is 26.3. The number of nitrogens with zero attached hydrogens (tertiary/aromatic N) is 3. The van der Waals surface area contributed by atoms with E-state index in [4.69, 9.17) is 5.73 Å². The van der Waals surface area contributed by atoms with Crippen molar-refractivity contribution in [3.05, 3.63) is 63.6 Å². The number of hydrogen-bond donors (Lipinski definition) is 2. The van der Waals surface area contributed by atoms with Gasteiger partial charge in [-0.25, -0.2) is 4.68 Å². The van der Waals surface area contributed by atoms with Crippen LogP contribution in [0.1, 0.15) is 35.7 Å². The summed E-state index contributed by atoms with van der Waals surface area (Å²) in [5.41, 5.74) is 8.36. The monoisotopic (exact) mass is 368 g/mol. The molecule has 1 aromatic carbocycles. The maximum Gasteiger partial charge on any atom is 0.267 e. The molecule has 2 heterocycles. The third-order valence-corrected chi connectivity index (χ3v) is 6.06. The number of aliphatic hydroxyl groups excluding tert-OH is 1. The van der Waals surface area contributed by atoms with Crippen LogP contribution in [0.25, 0.3) is 0 Å². The number of likely N-dealkylation sites (tertiary alicyclic amines) is 1. The van der Waals surface area contributed by atoms with Crippen molar-refractivity contribution in [1.82, 2.24) is 14.7 Å². The van der Waals surface area contributed by atoms with Crippen molar-refractivity contribution in [1.29, 1.82) is 0 Å². The topological polar surface area (TPSA) is 101 Å². The normalized spacial score (nSPS) is 23.4. The predicted octanol–water partition coefficient (Wildman–Crippen LogP) is 0.486. The fraction of sp³-hybridized carbons (Fsp3) is 0.450. The van der Waals surface area contributed by atoms with Gasteiger partial charge in [0.2, 0.25) is 5.91 Å². The minimum Gasteiger partial charge on any atom is -0.390 e. The van der Waals surface area contributed by atoms with E-state index in [2.05, 4.69) is 5.10 Å². The van der Waals surface area contributed by atoms with Crippen molar-refractivity contribution < 1.29 is 9.90 Å². The van der Waals surface area contributed by atoms with Gasteiger partial charge in [0.1, 0.15) is 6.54 Å². The van der Waals surface area contributed by atoms with E-state index >= 15 is 0 Å². The van der Waals surface area contributed by atoms with E-state index < -0.39 is 17.6 Å². The van der Waals surface area contributed by atoms with Gasteiger partial charge in [0.05, 0.1) is 17.8 Å². The minimum absolute atomic E-state index is 0.0633. The van der Waals surface area contributed by atoms with Crippen molar-refractivity contribution in [3.8, 4) is 0 Å². The molecule has 0 radical (unpaired) electrons. The van der Waals surface area contributed by atoms with Crippen LogP contribution in [-0.4, -0.2) is 44.9 Å². The predicted molar refractivity (Wildman–Crippen MR) is 100 cm³/mol. The van der Waals surface area contributed by atoms with E-state index in [1.54, 1.807) is 17.9 Å². The van der Waals surface area contributed by atoms with Gasteiger partial charge in [-0.1, -0.05) is 24.3 Å². The lowest BCUT2D eigenvalue weighted by Crippen LogP contribution is -2.51. The molecule has 0 bridgehead atoms. The standard InChI is InChI=1S/C20H24N4O3/c1-13-6-7-16(25)24(22-13)12-17(26)23-10-8-20(9-11-23)15-5-3-2-4-14(15)18(21)19(20)27/h2-7,18-19,27H,8-12,21H2,1H3/t18-,19+/m1/s1. The van der Waals surface area contributed by atoms with Crippen LogP contribution < -0.4 is 11.3 Å². The van der Waals surface area contributed by atoms with E-state index in [1.807, 2.05) is 24.3 Å². The molecule has 1 spiro atoms. The molecule has 0 saturated carbocycles. The van der Waals surface area contributed by atoms with Gasteiger partial charge in [0, 0.05) is 24.6 Å². The number of aromatic nitrogens is 2. The molecule has 7 heteroatoms. The molecule has 1 aromatic heterocycles. The molecule has 2 aromatic rings. The molecule has 1 amide bonds. The molecule has 142 valence electrons. The number of aliphatic hydroxyl groups is 1. The Hall–Kier alpha value is -2.51. The number of nitrogens with two attached hydrogens (primary N) is 1. The van der Waals surface area contributed by atoms with Crippen LogP contribution in [0.4, 0.5) is 0 Å². The van der Waals surface area contributed by atoms with Crippen molar-refractivity contribution in [2.75, 3.05) is 13.1 Å². The molecule has 1 fully saturated rings. The van der Waals surface area contributed by atoms with Crippen LogP contribution in [0.5, 0.6) is 0 Å². The van der Waals surface area contributed by atoms with Crippen LogP contribution in [0.3, 0.4) is 0 Å². The summed E-state index contributed by atoms with van der Waals surface area (Å²) in [6.07, 6.45) is 0.662. The Kier molecular flexibility index (Phi) is 4.36. The van der Waals surface area contributed by atoms with Gasteiger partial charge in [0.15, 0.2) is 0 Å². The van der Waals surface area contributed by atoms with Gasteiger partial charge in [-0.05, 0) is 37.0 Å². The Labute approximate surface area is 157 Å². The van der Waals surface area contributed by atoms with Gasteiger partial charge in [0.25, 0.3) is 5.56 Å². The van der Waals surface area contributed by atoms with Crippen LogP contribution >= 0.6 is 0 Å². The van der Waals surface area contributed by atoms with Gasteiger partial charge >= 0.3 is 0 Å². The Balaban J connectivity index is 1.50. The fourth-order valence-electron chi connectivity index (χ4n) is 4.53. The first kappa shape index (κ1) is 17.9. The molecule has 4 rings (SSSR count). The van der Waals surface area contributed by atoms with Crippen LogP contribution in [0.2, 0.25) is 0 Å². The van der Waals surface area contributed by atoms with Gasteiger partial charge in [-0.15, -0.1) is 0 Å². The SMILES string of the molecule is Cc1ccc(=O)n(CC(=O)N2CCC3(CC2)c2ccccc2[C@@H](N)[C@@H]3O)n1. The second kappa shape index (κ2) is 6.58. The summed E-state index contributed by atoms with van der Waals surface area (Å²) in [6.45, 7) is 2.77. The Morgan fingerprint density at radius 3 is 2.70 bits per heavy atom. The highest BCUT2D eigenvalue weighted by molar-refractivity contribution is 5.76. The highest BCUT2D eigenvalue weighted by Gasteiger charge is 2.51. The number of piperidine rings is 1. The van der Waals surface area contributed by atoms with E-state index in [9.17, 15) is 14.7 Å². The van der Waals surface area contributed by atoms with Crippen LogP contribution in [0.15, 0.2) is 41.2 Å². The zero-order valence-corrected chi connectivity index (χ0v) is 15.3. The molecular weight excluding hydrogens is 344 g/mol. The molecule has 3 N–H and O–H groups in total. The van der Waals surface area contributed by atoms with E-state index in [0.29, 0.717) is 31.6 Å². The number of benzene rings is 1. The number of aryl methyl sites for hydroxylation is 1. The van der Waals surface area contributed by atoms with Gasteiger partial charge < -0.3 is 15.7 Å². The van der Waals surface area contributed by atoms with E-state index in [0.717, 1.165) is 11.1 Å². The third kappa shape index (κ3) is 2.87. The Morgan fingerprint density at radius 1 is 1.26 bits per heavy atom. The molecule has 1 aliphatic carbocycles. The maximum absolute atomic E-state index is 12.7. The van der Waals surface area contributed by atoms with Crippen molar-refractivity contribution in [3.63, 3.8) is 0 Å². The lowest BCUT2D eigenvalue weighted by atomic mass is 9.72. The second-order valence-corrected chi connectivity index (χ2v) is 7.57. The Bertz CT molecular complexity index is 931. The number of carbonyl (C=O) groups is 1. The third-order valence-electron chi connectivity index (χ3n) is 6.06. The zero-order chi connectivity index (χ0) is 19.2. The molecule has 2 atom stereocenters. The van der Waals surface area contributed by atoms with Crippen molar-refractivity contribution in [2.45, 2.75) is 43.9 Å². The first-order chi connectivity index (χ1) is 12.9. The number of amides is 1. The van der Waals surface area contributed by atoms with Crippen LogP contribution in [-0.2, 0) is 16.8 Å². The number of carbonyl (C=O) groups excluding carboxylic acids is 1. The lowest BCUT2D eigenvalue weighted by Gasteiger charge is -2.42. The van der Waals surface area contributed by atoms with Gasteiger partial charge in [-0.2, -0.15) is 5.10 Å². The maximum atomic E-state index is 12.7. The highest BCUT2D eigenvalue weighted by Crippen LogP contribution is 2.49. The second-order valence-electron chi connectivity index (χ2n) is 7.57. The molecule has 1 saturated heterocycles. The molecule has 7 nitrogen and oxygen atoms in total. The highest BCUT2D eigenvalue weighted by atomic mass is 16.3. The largest absolute Gasteiger partial charge is 0.390 e. The first-order valence-corrected chi connectivity index (χ1v) is 9.28. The van der Waals surface area contributed by atoms with E-state index in [-0.39, 0.29) is 18.0 Å². The average molecular weight is 368 g/mol. The molecular formula is C20H24N4O3. The fourth-order valence-corrected chi connectivity index (χ4v) is 4.53. The molecule has 0 unspecified atom stereocenters. The number of fused-ring (bicyclic) bond motifs is 2. The summed E-state index contributed by atoms with van der Waals surface area (Å²) in [7, 11) is 0.